The maximum Gasteiger partial charge on any atom is 0.269 e. The molecule has 1 N–H and O–H groups in total. The maximum absolute atomic E-state index is 12.3. The molecule has 1 amide bonds. The number of hydrogen-bond acceptors (Lipinski definition) is 3. The smallest absolute Gasteiger partial charge is 0.269 e. The van der Waals surface area contributed by atoms with Gasteiger partial charge in [0, 0.05) is 18.2 Å². The van der Waals surface area contributed by atoms with Crippen molar-refractivity contribution in [3.05, 3.63) is 74.3 Å². The molecular formula is C17H17ClN2O3. The summed E-state index contributed by atoms with van der Waals surface area (Å²) in [5.74, 6) is -0.220. The highest BCUT2D eigenvalue weighted by atomic mass is 35.5. The van der Waals surface area contributed by atoms with E-state index in [9.17, 15) is 14.9 Å². The molecule has 23 heavy (non-hydrogen) atoms. The van der Waals surface area contributed by atoms with E-state index >= 15 is 0 Å². The molecule has 2 aromatic rings. The molecule has 0 aliphatic carbocycles. The molecule has 0 saturated carbocycles. The van der Waals surface area contributed by atoms with Crippen molar-refractivity contribution in [2.45, 2.75) is 26.3 Å². The van der Waals surface area contributed by atoms with Crippen LogP contribution in [0.3, 0.4) is 0 Å². The first-order valence-corrected chi connectivity index (χ1v) is 7.55. The van der Waals surface area contributed by atoms with Gasteiger partial charge in [0.05, 0.1) is 15.5 Å². The second-order valence-corrected chi connectivity index (χ2v) is 5.84. The number of benzene rings is 2. The Hall–Kier alpha value is -2.40. The summed E-state index contributed by atoms with van der Waals surface area (Å²) in [6.45, 7) is 3.72. The number of non-ortho nitro benzene ring substituents is 1. The van der Waals surface area contributed by atoms with E-state index in [4.69, 9.17) is 11.6 Å². The number of nitrogens with one attached hydrogen (secondary N) is 1. The molecule has 0 heterocycles. The zero-order valence-corrected chi connectivity index (χ0v) is 13.6. The monoisotopic (exact) mass is 332 g/mol. The van der Waals surface area contributed by atoms with Gasteiger partial charge < -0.3 is 5.32 Å². The second kappa shape index (κ2) is 7.24. The van der Waals surface area contributed by atoms with Crippen molar-refractivity contribution in [1.82, 2.24) is 5.32 Å². The standard InChI is InChI=1S/C17H17ClN2O3/c1-11-4-3-5-15(18)16(11)17(21)19-12(2)10-13-6-8-14(9-7-13)20(22)23/h3-9,12H,10H2,1-2H3,(H,19,21)/t12-/m1/s1. The van der Waals surface area contributed by atoms with E-state index < -0.39 is 4.92 Å². The number of hydrogen-bond donors (Lipinski definition) is 1. The maximum atomic E-state index is 12.3. The van der Waals surface area contributed by atoms with E-state index in [0.717, 1.165) is 11.1 Å². The lowest BCUT2D eigenvalue weighted by atomic mass is 10.0. The Labute approximate surface area is 139 Å². The SMILES string of the molecule is Cc1cccc(Cl)c1C(=O)N[C@H](C)Cc1ccc([N+](=O)[O-])cc1. The number of aryl methyl sites for hydroxylation is 1. The van der Waals surface area contributed by atoms with Gasteiger partial charge in [0.25, 0.3) is 11.6 Å². The van der Waals surface area contributed by atoms with E-state index in [1.54, 1.807) is 24.3 Å². The third kappa shape index (κ3) is 4.29. The van der Waals surface area contributed by atoms with Crippen molar-refractivity contribution in [2.24, 2.45) is 0 Å². The van der Waals surface area contributed by atoms with Gasteiger partial charge in [-0.2, -0.15) is 0 Å². The summed E-state index contributed by atoms with van der Waals surface area (Å²) in [6, 6.07) is 11.5. The average Bonchev–Trinajstić information content (AvgIpc) is 2.47. The third-order valence-electron chi connectivity index (χ3n) is 3.52. The minimum atomic E-state index is -0.435. The summed E-state index contributed by atoms with van der Waals surface area (Å²) in [7, 11) is 0. The highest BCUT2D eigenvalue weighted by molar-refractivity contribution is 6.34. The lowest BCUT2D eigenvalue weighted by molar-refractivity contribution is -0.384. The minimum absolute atomic E-state index is 0.0529. The molecular weight excluding hydrogens is 316 g/mol. The Morgan fingerprint density at radius 2 is 1.91 bits per heavy atom. The number of halogens is 1. The van der Waals surface area contributed by atoms with Crippen molar-refractivity contribution < 1.29 is 9.72 Å². The van der Waals surface area contributed by atoms with Crippen LogP contribution in [0.15, 0.2) is 42.5 Å². The van der Waals surface area contributed by atoms with E-state index in [1.807, 2.05) is 19.9 Å². The van der Waals surface area contributed by atoms with Crippen molar-refractivity contribution >= 4 is 23.2 Å². The molecule has 0 fully saturated rings. The van der Waals surface area contributed by atoms with Gasteiger partial charge in [-0.3, -0.25) is 14.9 Å². The Morgan fingerprint density at radius 3 is 2.48 bits per heavy atom. The van der Waals surface area contributed by atoms with Gasteiger partial charge in [0.15, 0.2) is 0 Å². The van der Waals surface area contributed by atoms with Gasteiger partial charge >= 0.3 is 0 Å². The lowest BCUT2D eigenvalue weighted by Crippen LogP contribution is -2.34. The summed E-state index contributed by atoms with van der Waals surface area (Å²) in [5.41, 5.74) is 2.26. The molecule has 2 rings (SSSR count). The van der Waals surface area contributed by atoms with Crippen LogP contribution in [0.25, 0.3) is 0 Å². The summed E-state index contributed by atoms with van der Waals surface area (Å²) < 4.78 is 0. The van der Waals surface area contributed by atoms with Crippen LogP contribution in [-0.2, 0) is 6.42 Å². The molecule has 6 heteroatoms. The van der Waals surface area contributed by atoms with Crippen molar-refractivity contribution in [1.29, 1.82) is 0 Å². The highest BCUT2D eigenvalue weighted by Crippen LogP contribution is 2.19. The Balaban J connectivity index is 2.03. The first-order valence-electron chi connectivity index (χ1n) is 7.18. The Bertz CT molecular complexity index is 709. The number of amides is 1. The van der Waals surface area contributed by atoms with Crippen LogP contribution in [0.4, 0.5) is 5.69 Å². The predicted octanol–water partition coefficient (Wildman–Crippen LogP) is 3.92. The first kappa shape index (κ1) is 17.0. The Morgan fingerprint density at radius 1 is 1.26 bits per heavy atom. The number of nitro groups is 1. The quantitative estimate of drug-likeness (QED) is 0.666. The van der Waals surface area contributed by atoms with Crippen LogP contribution in [0, 0.1) is 17.0 Å². The number of carbonyl (C=O) groups is 1. The van der Waals surface area contributed by atoms with Gasteiger partial charge in [-0.15, -0.1) is 0 Å². The number of nitro benzene ring substituents is 1. The summed E-state index contributed by atoms with van der Waals surface area (Å²) in [4.78, 5) is 22.5. The van der Waals surface area contributed by atoms with E-state index in [2.05, 4.69) is 5.32 Å². The number of rotatable bonds is 5. The zero-order valence-electron chi connectivity index (χ0n) is 12.9. The molecule has 5 nitrogen and oxygen atoms in total. The van der Waals surface area contributed by atoms with Gasteiger partial charge in [0.1, 0.15) is 0 Å². The predicted molar refractivity (Wildman–Crippen MR) is 89.9 cm³/mol. The van der Waals surface area contributed by atoms with Gasteiger partial charge in [0.2, 0.25) is 0 Å². The van der Waals surface area contributed by atoms with Gasteiger partial charge in [-0.1, -0.05) is 35.9 Å². The third-order valence-corrected chi connectivity index (χ3v) is 3.83. The minimum Gasteiger partial charge on any atom is -0.349 e. The molecule has 0 aromatic heterocycles. The molecule has 0 spiro atoms. The van der Waals surface area contributed by atoms with Crippen molar-refractivity contribution in [2.75, 3.05) is 0 Å². The lowest BCUT2D eigenvalue weighted by Gasteiger charge is -2.15. The van der Waals surface area contributed by atoms with Crippen LogP contribution in [-0.4, -0.2) is 16.9 Å². The normalized spacial score (nSPS) is 11.8. The van der Waals surface area contributed by atoms with E-state index in [-0.39, 0.29) is 17.6 Å². The van der Waals surface area contributed by atoms with Crippen molar-refractivity contribution in [3.8, 4) is 0 Å². The largest absolute Gasteiger partial charge is 0.349 e. The molecule has 120 valence electrons. The number of carbonyl (C=O) groups excluding carboxylic acids is 1. The fourth-order valence-electron chi connectivity index (χ4n) is 2.37. The molecule has 0 bridgehead atoms. The summed E-state index contributed by atoms with van der Waals surface area (Å²) in [6.07, 6.45) is 0.577. The summed E-state index contributed by atoms with van der Waals surface area (Å²) in [5, 5.41) is 14.0. The first-order chi connectivity index (χ1) is 10.9. The molecule has 0 aliphatic heterocycles. The van der Waals surface area contributed by atoms with Gasteiger partial charge in [-0.05, 0) is 37.5 Å². The molecule has 0 radical (unpaired) electrons. The Kier molecular flexibility index (Phi) is 5.34. The molecule has 2 aromatic carbocycles. The highest BCUT2D eigenvalue weighted by Gasteiger charge is 2.16. The fraction of sp³-hybridized carbons (Fsp3) is 0.235. The van der Waals surface area contributed by atoms with Crippen LogP contribution in [0.2, 0.25) is 5.02 Å². The zero-order chi connectivity index (χ0) is 17.0. The second-order valence-electron chi connectivity index (χ2n) is 5.43. The van der Waals surface area contributed by atoms with E-state index in [0.29, 0.717) is 17.0 Å². The van der Waals surface area contributed by atoms with Gasteiger partial charge in [-0.25, -0.2) is 0 Å². The molecule has 0 unspecified atom stereocenters. The average molecular weight is 333 g/mol. The summed E-state index contributed by atoms with van der Waals surface area (Å²) >= 11 is 6.09. The molecule has 1 atom stereocenters. The molecule has 0 aliphatic rings. The van der Waals surface area contributed by atoms with Crippen LogP contribution in [0.5, 0.6) is 0 Å². The van der Waals surface area contributed by atoms with Crippen LogP contribution < -0.4 is 5.32 Å². The van der Waals surface area contributed by atoms with Crippen LogP contribution in [0.1, 0.15) is 28.4 Å². The number of nitrogens with zero attached hydrogens (tertiary/aromatic N) is 1. The van der Waals surface area contributed by atoms with Crippen LogP contribution >= 0.6 is 11.6 Å². The fourth-order valence-corrected chi connectivity index (χ4v) is 2.68. The molecule has 0 saturated heterocycles. The topological polar surface area (TPSA) is 72.2 Å². The van der Waals surface area contributed by atoms with E-state index in [1.165, 1.54) is 12.1 Å². The van der Waals surface area contributed by atoms with Crippen molar-refractivity contribution in [3.63, 3.8) is 0 Å².